The zero-order chi connectivity index (χ0) is 19.4. The number of aryl methyl sites for hydroxylation is 2. The van der Waals surface area contributed by atoms with Crippen LogP contribution < -0.4 is 5.32 Å². The Kier molecular flexibility index (Phi) is 6.19. The molecule has 0 radical (unpaired) electrons. The first-order valence-corrected chi connectivity index (χ1v) is 10.0. The Morgan fingerprint density at radius 3 is 2.63 bits per heavy atom. The maximum atomic E-state index is 12.3. The molecule has 0 fully saturated rings. The van der Waals surface area contributed by atoms with Crippen LogP contribution in [0.5, 0.6) is 0 Å². The molecule has 0 bridgehead atoms. The number of halogens is 1. The normalized spacial score (nSPS) is 10.8. The van der Waals surface area contributed by atoms with E-state index in [0.29, 0.717) is 10.7 Å². The van der Waals surface area contributed by atoms with Crippen molar-refractivity contribution in [1.82, 2.24) is 14.8 Å². The fourth-order valence-electron chi connectivity index (χ4n) is 2.72. The van der Waals surface area contributed by atoms with Crippen molar-refractivity contribution < 1.29 is 4.79 Å². The van der Waals surface area contributed by atoms with E-state index in [0.717, 1.165) is 28.7 Å². The van der Waals surface area contributed by atoms with Crippen molar-refractivity contribution in [2.75, 3.05) is 11.1 Å². The van der Waals surface area contributed by atoms with Crippen molar-refractivity contribution in [1.29, 1.82) is 0 Å². The molecule has 0 unspecified atom stereocenters. The number of nitrogens with zero attached hydrogens (tertiary/aromatic N) is 3. The standard InChI is InChI=1S/C20H21ClN4OS/c1-4-25-19(15-7-5-6-13(2)10-15)23-24-20(25)27-12-18(26)22-17-9-8-14(3)11-16(17)21/h5-11H,4,12H2,1-3H3,(H,22,26). The molecule has 3 rings (SSSR count). The molecule has 1 amide bonds. The molecule has 0 saturated heterocycles. The highest BCUT2D eigenvalue weighted by Crippen LogP contribution is 2.26. The molecule has 140 valence electrons. The fraction of sp³-hybridized carbons (Fsp3) is 0.250. The van der Waals surface area contributed by atoms with Crippen LogP contribution in [0.2, 0.25) is 5.02 Å². The van der Waals surface area contributed by atoms with Crippen LogP contribution >= 0.6 is 23.4 Å². The molecule has 0 atom stereocenters. The molecule has 3 aromatic rings. The van der Waals surface area contributed by atoms with E-state index in [4.69, 9.17) is 11.6 Å². The lowest BCUT2D eigenvalue weighted by molar-refractivity contribution is -0.113. The molecule has 7 heteroatoms. The molecule has 5 nitrogen and oxygen atoms in total. The SMILES string of the molecule is CCn1c(SCC(=O)Nc2ccc(C)cc2Cl)nnc1-c1cccc(C)c1. The molecule has 2 aromatic carbocycles. The summed E-state index contributed by atoms with van der Waals surface area (Å²) in [5.41, 5.74) is 3.85. The average Bonchev–Trinajstić information content (AvgIpc) is 3.05. The molecule has 0 aliphatic carbocycles. The van der Waals surface area contributed by atoms with E-state index < -0.39 is 0 Å². The van der Waals surface area contributed by atoms with E-state index in [1.54, 1.807) is 0 Å². The van der Waals surface area contributed by atoms with Crippen molar-refractivity contribution in [2.24, 2.45) is 0 Å². The first-order chi connectivity index (χ1) is 13.0. The van der Waals surface area contributed by atoms with Crippen molar-refractivity contribution in [3.05, 3.63) is 58.6 Å². The second-order valence-electron chi connectivity index (χ2n) is 6.24. The van der Waals surface area contributed by atoms with Gasteiger partial charge in [-0.05, 0) is 44.5 Å². The van der Waals surface area contributed by atoms with E-state index in [-0.39, 0.29) is 11.7 Å². The van der Waals surface area contributed by atoms with E-state index in [1.807, 2.05) is 61.7 Å². The monoisotopic (exact) mass is 400 g/mol. The van der Waals surface area contributed by atoms with E-state index in [1.165, 1.54) is 17.3 Å². The van der Waals surface area contributed by atoms with E-state index in [2.05, 4.69) is 21.6 Å². The second-order valence-corrected chi connectivity index (χ2v) is 7.59. The van der Waals surface area contributed by atoms with Crippen LogP contribution in [0.1, 0.15) is 18.1 Å². The van der Waals surface area contributed by atoms with Gasteiger partial charge in [-0.1, -0.05) is 53.2 Å². The van der Waals surface area contributed by atoms with Crippen molar-refractivity contribution in [3.63, 3.8) is 0 Å². The number of anilines is 1. The van der Waals surface area contributed by atoms with Gasteiger partial charge in [-0.25, -0.2) is 0 Å². The molecule has 1 heterocycles. The van der Waals surface area contributed by atoms with Gasteiger partial charge in [0.1, 0.15) is 0 Å². The third-order valence-corrected chi connectivity index (χ3v) is 5.32. The molecule has 1 aromatic heterocycles. The van der Waals surface area contributed by atoms with Crippen LogP contribution in [0.4, 0.5) is 5.69 Å². The summed E-state index contributed by atoms with van der Waals surface area (Å²) in [4.78, 5) is 12.3. The first-order valence-electron chi connectivity index (χ1n) is 8.67. The highest BCUT2D eigenvalue weighted by atomic mass is 35.5. The van der Waals surface area contributed by atoms with Gasteiger partial charge in [-0.2, -0.15) is 0 Å². The van der Waals surface area contributed by atoms with Crippen LogP contribution in [0.25, 0.3) is 11.4 Å². The van der Waals surface area contributed by atoms with Crippen LogP contribution in [0.3, 0.4) is 0 Å². The Bertz CT molecular complexity index is 970. The lowest BCUT2D eigenvalue weighted by Gasteiger charge is -2.09. The summed E-state index contributed by atoms with van der Waals surface area (Å²) in [5.74, 6) is 0.912. The number of thioether (sulfide) groups is 1. The van der Waals surface area contributed by atoms with Gasteiger partial charge >= 0.3 is 0 Å². The van der Waals surface area contributed by atoms with E-state index in [9.17, 15) is 4.79 Å². The summed E-state index contributed by atoms with van der Waals surface area (Å²) in [5, 5.41) is 12.7. The Morgan fingerprint density at radius 1 is 1.15 bits per heavy atom. The van der Waals surface area contributed by atoms with Crippen molar-refractivity contribution in [2.45, 2.75) is 32.5 Å². The highest BCUT2D eigenvalue weighted by Gasteiger charge is 2.15. The maximum Gasteiger partial charge on any atom is 0.234 e. The van der Waals surface area contributed by atoms with Gasteiger partial charge in [0, 0.05) is 12.1 Å². The summed E-state index contributed by atoms with van der Waals surface area (Å²) in [6.45, 7) is 6.77. The van der Waals surface area contributed by atoms with E-state index >= 15 is 0 Å². The average molecular weight is 401 g/mol. The van der Waals surface area contributed by atoms with Gasteiger partial charge in [-0.15, -0.1) is 10.2 Å². The Morgan fingerprint density at radius 2 is 1.93 bits per heavy atom. The number of amides is 1. The molecular formula is C20H21ClN4OS. The number of benzene rings is 2. The number of aromatic nitrogens is 3. The number of carbonyl (C=O) groups is 1. The minimum atomic E-state index is -0.131. The van der Waals surface area contributed by atoms with Gasteiger partial charge in [0.15, 0.2) is 11.0 Å². The summed E-state index contributed by atoms with van der Waals surface area (Å²) in [6.07, 6.45) is 0. The van der Waals surface area contributed by atoms with Crippen molar-refractivity contribution in [3.8, 4) is 11.4 Å². The second kappa shape index (κ2) is 8.59. The largest absolute Gasteiger partial charge is 0.324 e. The zero-order valence-electron chi connectivity index (χ0n) is 15.5. The van der Waals surface area contributed by atoms with Crippen LogP contribution in [-0.4, -0.2) is 26.4 Å². The van der Waals surface area contributed by atoms with Crippen LogP contribution in [-0.2, 0) is 11.3 Å². The summed E-state index contributed by atoms with van der Waals surface area (Å²) in [6, 6.07) is 13.7. The number of rotatable bonds is 6. The third kappa shape index (κ3) is 4.70. The topological polar surface area (TPSA) is 59.8 Å². The van der Waals surface area contributed by atoms with Gasteiger partial charge < -0.3 is 9.88 Å². The lowest BCUT2D eigenvalue weighted by atomic mass is 10.1. The third-order valence-electron chi connectivity index (χ3n) is 4.04. The Hall–Kier alpha value is -2.31. The zero-order valence-corrected chi connectivity index (χ0v) is 17.1. The molecular weight excluding hydrogens is 380 g/mol. The Balaban J connectivity index is 1.70. The minimum absolute atomic E-state index is 0.131. The number of carbonyl (C=O) groups excluding carboxylic acids is 1. The predicted molar refractivity (Wildman–Crippen MR) is 111 cm³/mol. The maximum absolute atomic E-state index is 12.3. The number of hydrogen-bond acceptors (Lipinski definition) is 4. The van der Waals surface area contributed by atoms with Gasteiger partial charge in [0.05, 0.1) is 16.5 Å². The summed E-state index contributed by atoms with van der Waals surface area (Å²) in [7, 11) is 0. The smallest absolute Gasteiger partial charge is 0.234 e. The molecule has 0 aliphatic rings. The molecule has 0 saturated carbocycles. The summed E-state index contributed by atoms with van der Waals surface area (Å²) >= 11 is 7.54. The molecule has 27 heavy (non-hydrogen) atoms. The number of nitrogens with one attached hydrogen (secondary N) is 1. The van der Waals surface area contributed by atoms with Crippen LogP contribution in [0, 0.1) is 13.8 Å². The van der Waals surface area contributed by atoms with Crippen LogP contribution in [0.15, 0.2) is 47.6 Å². The predicted octanol–water partition coefficient (Wildman–Crippen LogP) is 4.97. The lowest BCUT2D eigenvalue weighted by Crippen LogP contribution is -2.15. The molecule has 1 N–H and O–H groups in total. The molecule has 0 spiro atoms. The molecule has 0 aliphatic heterocycles. The van der Waals surface area contributed by atoms with Gasteiger partial charge in [0.25, 0.3) is 0 Å². The summed E-state index contributed by atoms with van der Waals surface area (Å²) < 4.78 is 2.02. The number of hydrogen-bond donors (Lipinski definition) is 1. The van der Waals surface area contributed by atoms with Gasteiger partial charge in [-0.3, -0.25) is 4.79 Å². The first kappa shape index (κ1) is 19.5. The Labute approximate surface area is 168 Å². The van der Waals surface area contributed by atoms with Gasteiger partial charge in [0.2, 0.25) is 5.91 Å². The minimum Gasteiger partial charge on any atom is -0.324 e. The quantitative estimate of drug-likeness (QED) is 0.593. The van der Waals surface area contributed by atoms with Crippen molar-refractivity contribution >= 4 is 35.0 Å². The fourth-order valence-corrected chi connectivity index (χ4v) is 3.80. The highest BCUT2D eigenvalue weighted by molar-refractivity contribution is 7.99.